The van der Waals surface area contributed by atoms with Crippen LogP contribution in [0, 0.1) is 6.92 Å². The Bertz CT molecular complexity index is 279. The Balaban J connectivity index is 2.72. The molecule has 1 heteroatoms. The summed E-state index contributed by atoms with van der Waals surface area (Å²) in [7, 11) is 0. The van der Waals surface area contributed by atoms with E-state index >= 15 is 0 Å². The first-order chi connectivity index (χ1) is 6.79. The van der Waals surface area contributed by atoms with Crippen LogP contribution < -0.4 is 4.74 Å². The maximum atomic E-state index is 5.80. The standard InChI is InChI=1S/C13H20O/c1-4-6-10-14-13-11(3)8-7-9-12(13)5-2/h7-9H,4-6,10H2,1-3H3. The highest BCUT2D eigenvalue weighted by Gasteiger charge is 2.04. The van der Waals surface area contributed by atoms with Gasteiger partial charge in [-0.25, -0.2) is 0 Å². The van der Waals surface area contributed by atoms with Crippen LogP contribution in [0.3, 0.4) is 0 Å². The first-order valence-corrected chi connectivity index (χ1v) is 5.50. The quantitative estimate of drug-likeness (QED) is 0.646. The normalized spacial score (nSPS) is 10.2. The van der Waals surface area contributed by atoms with E-state index in [0.717, 1.165) is 25.2 Å². The van der Waals surface area contributed by atoms with Crippen molar-refractivity contribution in [3.8, 4) is 5.75 Å². The number of aryl methyl sites for hydroxylation is 2. The van der Waals surface area contributed by atoms with E-state index in [-0.39, 0.29) is 0 Å². The molecule has 0 aliphatic rings. The van der Waals surface area contributed by atoms with E-state index in [9.17, 15) is 0 Å². The summed E-state index contributed by atoms with van der Waals surface area (Å²) in [6.07, 6.45) is 3.37. The van der Waals surface area contributed by atoms with Gasteiger partial charge in [-0.1, -0.05) is 38.5 Å². The minimum atomic E-state index is 0.842. The lowest BCUT2D eigenvalue weighted by molar-refractivity contribution is 0.304. The van der Waals surface area contributed by atoms with Crippen molar-refractivity contribution >= 4 is 0 Å². The molecule has 0 spiro atoms. The van der Waals surface area contributed by atoms with E-state index in [1.54, 1.807) is 0 Å². The van der Waals surface area contributed by atoms with Crippen molar-refractivity contribution in [3.05, 3.63) is 29.3 Å². The number of hydrogen-bond acceptors (Lipinski definition) is 1. The van der Waals surface area contributed by atoms with Crippen LogP contribution in [0.1, 0.15) is 37.8 Å². The van der Waals surface area contributed by atoms with Gasteiger partial charge in [0.1, 0.15) is 5.75 Å². The summed E-state index contributed by atoms with van der Waals surface area (Å²) >= 11 is 0. The van der Waals surface area contributed by atoms with Crippen molar-refractivity contribution < 1.29 is 4.74 Å². The molecule has 0 radical (unpaired) electrons. The second-order valence-electron chi connectivity index (χ2n) is 3.62. The van der Waals surface area contributed by atoms with Crippen LogP contribution in [0.2, 0.25) is 0 Å². The molecule has 0 heterocycles. The molecule has 0 bridgehead atoms. The highest BCUT2D eigenvalue weighted by molar-refractivity contribution is 5.40. The predicted molar refractivity (Wildman–Crippen MR) is 61.0 cm³/mol. The van der Waals surface area contributed by atoms with E-state index in [4.69, 9.17) is 4.74 Å². The minimum Gasteiger partial charge on any atom is -0.493 e. The zero-order valence-electron chi connectivity index (χ0n) is 9.47. The summed E-state index contributed by atoms with van der Waals surface area (Å²) in [5, 5.41) is 0. The van der Waals surface area contributed by atoms with Crippen LogP contribution in [-0.4, -0.2) is 6.61 Å². The molecule has 0 aromatic heterocycles. The van der Waals surface area contributed by atoms with Crippen LogP contribution in [0.5, 0.6) is 5.75 Å². The van der Waals surface area contributed by atoms with Crippen LogP contribution in [0.25, 0.3) is 0 Å². The Morgan fingerprint density at radius 2 is 2.00 bits per heavy atom. The second-order valence-corrected chi connectivity index (χ2v) is 3.62. The molecular formula is C13H20O. The largest absolute Gasteiger partial charge is 0.493 e. The Morgan fingerprint density at radius 3 is 2.64 bits per heavy atom. The summed E-state index contributed by atoms with van der Waals surface area (Å²) < 4.78 is 5.80. The predicted octanol–water partition coefficient (Wildman–Crippen LogP) is 3.74. The molecule has 0 saturated heterocycles. The summed E-state index contributed by atoms with van der Waals surface area (Å²) in [6, 6.07) is 6.36. The molecule has 0 amide bonds. The smallest absolute Gasteiger partial charge is 0.125 e. The average Bonchev–Trinajstić information content (AvgIpc) is 2.20. The van der Waals surface area contributed by atoms with E-state index in [2.05, 4.69) is 39.0 Å². The number of unbranched alkanes of at least 4 members (excludes halogenated alkanes) is 1. The number of rotatable bonds is 5. The fourth-order valence-corrected chi connectivity index (χ4v) is 1.52. The van der Waals surface area contributed by atoms with Gasteiger partial charge in [-0.2, -0.15) is 0 Å². The van der Waals surface area contributed by atoms with Crippen LogP contribution in [-0.2, 0) is 6.42 Å². The van der Waals surface area contributed by atoms with E-state index in [1.807, 2.05) is 0 Å². The van der Waals surface area contributed by atoms with Crippen molar-refractivity contribution in [1.29, 1.82) is 0 Å². The van der Waals surface area contributed by atoms with Gasteiger partial charge in [-0.15, -0.1) is 0 Å². The van der Waals surface area contributed by atoms with Crippen LogP contribution in [0.15, 0.2) is 18.2 Å². The fraction of sp³-hybridized carbons (Fsp3) is 0.538. The number of benzene rings is 1. The van der Waals surface area contributed by atoms with Gasteiger partial charge in [0.25, 0.3) is 0 Å². The van der Waals surface area contributed by atoms with E-state index < -0.39 is 0 Å². The van der Waals surface area contributed by atoms with Gasteiger partial charge in [0, 0.05) is 0 Å². The lowest BCUT2D eigenvalue weighted by Crippen LogP contribution is -2.01. The maximum Gasteiger partial charge on any atom is 0.125 e. The van der Waals surface area contributed by atoms with Crippen molar-refractivity contribution in [2.24, 2.45) is 0 Å². The topological polar surface area (TPSA) is 9.23 Å². The van der Waals surface area contributed by atoms with Crippen molar-refractivity contribution in [2.45, 2.75) is 40.0 Å². The molecule has 14 heavy (non-hydrogen) atoms. The van der Waals surface area contributed by atoms with E-state index in [0.29, 0.717) is 0 Å². The molecule has 1 rings (SSSR count). The second kappa shape index (κ2) is 5.69. The summed E-state index contributed by atoms with van der Waals surface area (Å²) in [4.78, 5) is 0. The first-order valence-electron chi connectivity index (χ1n) is 5.50. The number of hydrogen-bond donors (Lipinski definition) is 0. The van der Waals surface area contributed by atoms with Crippen LogP contribution >= 0.6 is 0 Å². The molecular weight excluding hydrogens is 172 g/mol. The van der Waals surface area contributed by atoms with Gasteiger partial charge in [0.15, 0.2) is 0 Å². The van der Waals surface area contributed by atoms with Gasteiger partial charge in [-0.05, 0) is 30.9 Å². The molecule has 0 aliphatic heterocycles. The lowest BCUT2D eigenvalue weighted by Gasteiger charge is -2.12. The minimum absolute atomic E-state index is 0.842. The van der Waals surface area contributed by atoms with Crippen molar-refractivity contribution in [1.82, 2.24) is 0 Å². The van der Waals surface area contributed by atoms with Crippen molar-refractivity contribution in [2.75, 3.05) is 6.61 Å². The summed E-state index contributed by atoms with van der Waals surface area (Å²) in [6.45, 7) is 7.30. The number of para-hydroxylation sites is 1. The van der Waals surface area contributed by atoms with Crippen LogP contribution in [0.4, 0.5) is 0 Å². The van der Waals surface area contributed by atoms with Gasteiger partial charge in [-0.3, -0.25) is 0 Å². The molecule has 1 aromatic carbocycles. The Hall–Kier alpha value is -0.980. The third kappa shape index (κ3) is 2.76. The van der Waals surface area contributed by atoms with E-state index in [1.165, 1.54) is 17.5 Å². The third-order valence-electron chi connectivity index (χ3n) is 2.42. The summed E-state index contributed by atoms with van der Waals surface area (Å²) in [5.74, 6) is 1.10. The zero-order valence-corrected chi connectivity index (χ0v) is 9.47. The highest BCUT2D eigenvalue weighted by Crippen LogP contribution is 2.23. The van der Waals surface area contributed by atoms with Gasteiger partial charge < -0.3 is 4.74 Å². The highest BCUT2D eigenvalue weighted by atomic mass is 16.5. The Kier molecular flexibility index (Phi) is 4.51. The molecule has 0 fully saturated rings. The Morgan fingerprint density at radius 1 is 1.21 bits per heavy atom. The lowest BCUT2D eigenvalue weighted by atomic mass is 10.1. The van der Waals surface area contributed by atoms with Crippen molar-refractivity contribution in [3.63, 3.8) is 0 Å². The molecule has 0 unspecified atom stereocenters. The molecule has 1 nitrogen and oxygen atoms in total. The Labute approximate surface area is 87.1 Å². The van der Waals surface area contributed by atoms with Gasteiger partial charge in [0.2, 0.25) is 0 Å². The zero-order chi connectivity index (χ0) is 10.4. The summed E-state index contributed by atoms with van der Waals surface area (Å²) in [5.41, 5.74) is 2.57. The van der Waals surface area contributed by atoms with Gasteiger partial charge >= 0.3 is 0 Å². The molecule has 78 valence electrons. The monoisotopic (exact) mass is 192 g/mol. The molecule has 0 aliphatic carbocycles. The SMILES string of the molecule is CCCCOc1c(C)cccc1CC. The molecule has 0 N–H and O–H groups in total. The molecule has 0 atom stereocenters. The maximum absolute atomic E-state index is 5.80. The fourth-order valence-electron chi connectivity index (χ4n) is 1.52. The molecule has 0 saturated carbocycles. The third-order valence-corrected chi connectivity index (χ3v) is 2.42. The average molecular weight is 192 g/mol. The number of ether oxygens (including phenoxy) is 1. The van der Waals surface area contributed by atoms with Gasteiger partial charge in [0.05, 0.1) is 6.61 Å². The molecule has 1 aromatic rings. The first kappa shape index (κ1) is 11.1.